The topological polar surface area (TPSA) is 76.7 Å². The van der Waals surface area contributed by atoms with Crippen LogP contribution in [0.1, 0.15) is 11.1 Å². The number of hydrogen-bond acceptors (Lipinski definition) is 3. The van der Waals surface area contributed by atoms with E-state index in [1.165, 1.54) is 6.21 Å². The van der Waals surface area contributed by atoms with Crippen molar-refractivity contribution in [3.05, 3.63) is 63.6 Å². The Hall–Kier alpha value is -2.24. The third-order valence-corrected chi connectivity index (χ3v) is 3.37. The molecule has 0 saturated carbocycles. The molecular formula is C15H13Cl2N3O2. The number of carbonyl (C=O) groups excluding carboxylic acids is 1. The van der Waals surface area contributed by atoms with Gasteiger partial charge in [0.25, 0.3) is 0 Å². The molecule has 0 aliphatic rings. The van der Waals surface area contributed by atoms with Crippen LogP contribution < -0.4 is 15.9 Å². The van der Waals surface area contributed by atoms with Crippen LogP contribution in [0.3, 0.4) is 0 Å². The number of nitrogens with zero attached hydrogens (tertiary/aromatic N) is 1. The van der Waals surface area contributed by atoms with Crippen molar-refractivity contribution in [3.8, 4) is 5.75 Å². The zero-order chi connectivity index (χ0) is 15.9. The average Bonchev–Trinajstić information content (AvgIpc) is 2.49. The van der Waals surface area contributed by atoms with E-state index in [1.54, 1.807) is 18.2 Å². The lowest BCUT2D eigenvalue weighted by Crippen LogP contribution is -2.24. The van der Waals surface area contributed by atoms with Gasteiger partial charge in [-0.15, -0.1) is 0 Å². The maximum absolute atomic E-state index is 10.5. The number of halogens is 2. The zero-order valence-corrected chi connectivity index (χ0v) is 12.9. The third-order valence-electron chi connectivity index (χ3n) is 2.64. The van der Waals surface area contributed by atoms with Gasteiger partial charge in [0.15, 0.2) is 0 Å². The summed E-state index contributed by atoms with van der Waals surface area (Å²) >= 11 is 11.8. The van der Waals surface area contributed by atoms with Crippen molar-refractivity contribution in [1.29, 1.82) is 0 Å². The van der Waals surface area contributed by atoms with Crippen molar-refractivity contribution in [3.63, 3.8) is 0 Å². The molecule has 3 N–H and O–H groups in total. The van der Waals surface area contributed by atoms with E-state index < -0.39 is 6.03 Å². The molecular weight excluding hydrogens is 325 g/mol. The number of ether oxygens (including phenoxy) is 1. The van der Waals surface area contributed by atoms with Gasteiger partial charge in [0, 0.05) is 0 Å². The molecule has 114 valence electrons. The fraction of sp³-hybridized carbons (Fsp3) is 0.0667. The Labute approximate surface area is 137 Å². The zero-order valence-electron chi connectivity index (χ0n) is 11.4. The summed E-state index contributed by atoms with van der Waals surface area (Å²) in [7, 11) is 0. The summed E-state index contributed by atoms with van der Waals surface area (Å²) in [5, 5.41) is 4.68. The number of nitrogens with one attached hydrogen (secondary N) is 1. The Morgan fingerprint density at radius 1 is 1.23 bits per heavy atom. The van der Waals surface area contributed by atoms with Crippen LogP contribution >= 0.6 is 23.2 Å². The van der Waals surface area contributed by atoms with E-state index in [1.807, 2.05) is 24.3 Å². The molecule has 0 aliphatic carbocycles. The van der Waals surface area contributed by atoms with Gasteiger partial charge in [-0.1, -0.05) is 41.4 Å². The van der Waals surface area contributed by atoms with E-state index in [4.69, 9.17) is 33.7 Å². The van der Waals surface area contributed by atoms with Crippen LogP contribution in [0.4, 0.5) is 4.79 Å². The number of hydrogen-bond donors (Lipinski definition) is 2. The molecule has 2 amide bonds. The van der Waals surface area contributed by atoms with Crippen LogP contribution in [0.5, 0.6) is 5.75 Å². The molecule has 0 bridgehead atoms. The quantitative estimate of drug-likeness (QED) is 0.646. The first-order valence-electron chi connectivity index (χ1n) is 6.30. The van der Waals surface area contributed by atoms with Gasteiger partial charge in [-0.2, -0.15) is 5.10 Å². The Morgan fingerprint density at radius 3 is 2.77 bits per heavy atom. The van der Waals surface area contributed by atoms with Crippen molar-refractivity contribution < 1.29 is 9.53 Å². The largest absolute Gasteiger partial charge is 0.489 e. The van der Waals surface area contributed by atoms with Crippen LogP contribution in [0.25, 0.3) is 0 Å². The Morgan fingerprint density at radius 2 is 2.05 bits per heavy atom. The molecule has 0 saturated heterocycles. The predicted octanol–water partition coefficient (Wildman–Crippen LogP) is 3.57. The third kappa shape index (κ3) is 4.95. The highest BCUT2D eigenvalue weighted by Crippen LogP contribution is 2.23. The van der Waals surface area contributed by atoms with E-state index in [0.717, 1.165) is 11.1 Å². The molecule has 0 heterocycles. The second-order valence-electron chi connectivity index (χ2n) is 4.34. The number of benzene rings is 2. The lowest BCUT2D eigenvalue weighted by Gasteiger charge is -2.07. The van der Waals surface area contributed by atoms with E-state index in [9.17, 15) is 4.79 Å². The lowest BCUT2D eigenvalue weighted by atomic mass is 10.2. The average molecular weight is 338 g/mol. The molecule has 0 fully saturated rings. The molecule has 7 heteroatoms. The predicted molar refractivity (Wildman–Crippen MR) is 87.5 cm³/mol. The van der Waals surface area contributed by atoms with Crippen LogP contribution in [0, 0.1) is 0 Å². The first-order chi connectivity index (χ1) is 10.5. The van der Waals surface area contributed by atoms with Crippen LogP contribution in [-0.2, 0) is 6.61 Å². The second-order valence-corrected chi connectivity index (χ2v) is 5.16. The van der Waals surface area contributed by atoms with Crippen molar-refractivity contribution in [2.75, 3.05) is 0 Å². The van der Waals surface area contributed by atoms with Crippen LogP contribution in [0.15, 0.2) is 47.6 Å². The van der Waals surface area contributed by atoms with Gasteiger partial charge in [0.2, 0.25) is 0 Å². The first-order valence-corrected chi connectivity index (χ1v) is 7.05. The fourth-order valence-corrected chi connectivity index (χ4v) is 1.97. The number of hydrazone groups is 1. The molecule has 0 atom stereocenters. The molecule has 2 aromatic rings. The lowest BCUT2D eigenvalue weighted by molar-refractivity contribution is 0.249. The maximum Gasteiger partial charge on any atom is 0.332 e. The molecule has 0 spiro atoms. The Bertz CT molecular complexity index is 705. The highest BCUT2D eigenvalue weighted by atomic mass is 35.5. The van der Waals surface area contributed by atoms with Gasteiger partial charge in [-0.3, -0.25) is 0 Å². The summed E-state index contributed by atoms with van der Waals surface area (Å²) < 4.78 is 5.68. The van der Waals surface area contributed by atoms with Gasteiger partial charge < -0.3 is 10.5 Å². The number of amides is 2. The number of rotatable bonds is 5. The highest BCUT2D eigenvalue weighted by Gasteiger charge is 2.01. The monoisotopic (exact) mass is 337 g/mol. The summed E-state index contributed by atoms with van der Waals surface area (Å²) in [4.78, 5) is 10.5. The van der Waals surface area contributed by atoms with E-state index >= 15 is 0 Å². The van der Waals surface area contributed by atoms with Crippen molar-refractivity contribution in [2.24, 2.45) is 10.8 Å². The number of carbonyl (C=O) groups is 1. The maximum atomic E-state index is 10.5. The standard InChI is InChI=1S/C15H13Cl2N3O2/c16-13-5-4-11(7-14(13)17)9-22-12-3-1-2-10(6-12)8-19-20-15(18)21/h1-8H,9H2,(H3,18,20,21)/b19-8-. The minimum absolute atomic E-state index is 0.358. The first kappa shape index (κ1) is 16.1. The number of urea groups is 1. The van der Waals surface area contributed by atoms with Crippen LogP contribution in [-0.4, -0.2) is 12.2 Å². The molecule has 5 nitrogen and oxygen atoms in total. The van der Waals surface area contributed by atoms with Gasteiger partial charge >= 0.3 is 6.03 Å². The van der Waals surface area contributed by atoms with Crippen molar-refractivity contribution >= 4 is 35.4 Å². The van der Waals surface area contributed by atoms with Gasteiger partial charge in [-0.25, -0.2) is 10.2 Å². The summed E-state index contributed by atoms with van der Waals surface area (Å²) in [5.74, 6) is 0.661. The van der Waals surface area contributed by atoms with Crippen molar-refractivity contribution in [1.82, 2.24) is 5.43 Å². The summed E-state index contributed by atoms with van der Waals surface area (Å²) in [6, 6.07) is 11.8. The molecule has 0 aromatic heterocycles. The summed E-state index contributed by atoms with van der Waals surface area (Å²) in [6.07, 6.45) is 1.47. The van der Waals surface area contributed by atoms with Gasteiger partial charge in [0.1, 0.15) is 12.4 Å². The van der Waals surface area contributed by atoms with E-state index in [2.05, 4.69) is 10.5 Å². The van der Waals surface area contributed by atoms with Gasteiger partial charge in [0.05, 0.1) is 16.3 Å². The molecule has 0 unspecified atom stereocenters. The van der Waals surface area contributed by atoms with E-state index in [-0.39, 0.29) is 0 Å². The highest BCUT2D eigenvalue weighted by molar-refractivity contribution is 6.42. The minimum Gasteiger partial charge on any atom is -0.489 e. The molecule has 2 aromatic carbocycles. The Balaban J connectivity index is 1.99. The van der Waals surface area contributed by atoms with E-state index in [0.29, 0.717) is 22.4 Å². The molecule has 0 radical (unpaired) electrons. The number of primary amides is 1. The summed E-state index contributed by atoms with van der Waals surface area (Å²) in [6.45, 7) is 0.358. The molecule has 22 heavy (non-hydrogen) atoms. The summed E-state index contributed by atoms with van der Waals surface area (Å²) in [5.41, 5.74) is 8.71. The molecule has 0 aliphatic heterocycles. The smallest absolute Gasteiger partial charge is 0.332 e. The SMILES string of the molecule is NC(=O)N/N=C\c1cccc(OCc2ccc(Cl)c(Cl)c2)c1. The number of nitrogens with two attached hydrogens (primary N) is 1. The normalized spacial score (nSPS) is 10.6. The van der Waals surface area contributed by atoms with Crippen molar-refractivity contribution in [2.45, 2.75) is 6.61 Å². The van der Waals surface area contributed by atoms with Crippen LogP contribution in [0.2, 0.25) is 10.0 Å². The molecule has 2 rings (SSSR count). The van der Waals surface area contributed by atoms with Gasteiger partial charge in [-0.05, 0) is 35.4 Å². The Kier molecular flexibility index (Phi) is 5.63. The fourth-order valence-electron chi connectivity index (χ4n) is 1.65. The second kappa shape index (κ2) is 7.68. The minimum atomic E-state index is -0.719.